The van der Waals surface area contributed by atoms with Gasteiger partial charge < -0.3 is 4.57 Å². The summed E-state index contributed by atoms with van der Waals surface area (Å²) in [4.78, 5) is 0.282. The van der Waals surface area contributed by atoms with Gasteiger partial charge in [0.15, 0.2) is 7.14 Å². The van der Waals surface area contributed by atoms with Gasteiger partial charge in [-0.1, -0.05) is 72.1 Å². The van der Waals surface area contributed by atoms with Gasteiger partial charge in [-0.05, 0) is 84.1 Å². The molecule has 1 heterocycles. The first kappa shape index (κ1) is 26.2. The number of sulfonamides is 1. The van der Waals surface area contributed by atoms with E-state index >= 15 is 0 Å². The van der Waals surface area contributed by atoms with Crippen molar-refractivity contribution in [1.29, 1.82) is 0 Å². The molecule has 192 valence electrons. The van der Waals surface area contributed by atoms with E-state index in [-0.39, 0.29) is 18.0 Å². The Labute approximate surface area is 225 Å². The number of nitrogens with zero attached hydrogens (tertiary/aromatic N) is 1. The first-order valence-electron chi connectivity index (χ1n) is 12.5. The Bertz CT molecular complexity index is 1730. The molecule has 4 aromatic rings. The van der Waals surface area contributed by atoms with E-state index in [0.29, 0.717) is 0 Å². The van der Waals surface area contributed by atoms with Crippen LogP contribution in [0.1, 0.15) is 33.4 Å². The average Bonchev–Trinajstić information content (AvgIpc) is 3.38. The molecule has 4 nitrogen and oxygen atoms in total. The number of aryl methyl sites for hydroxylation is 1. The molecule has 1 aliphatic heterocycles. The Morgan fingerprint density at radius 2 is 1.32 bits per heavy atom. The summed E-state index contributed by atoms with van der Waals surface area (Å²) in [7, 11) is -6.86. The van der Waals surface area contributed by atoms with E-state index in [0.717, 1.165) is 49.8 Å². The van der Waals surface area contributed by atoms with Crippen molar-refractivity contribution in [3.05, 3.63) is 118 Å². The second-order valence-corrected chi connectivity index (χ2v) is 14.4. The molecule has 4 aromatic carbocycles. The predicted octanol–water partition coefficient (Wildman–Crippen LogP) is 6.61. The highest BCUT2D eigenvalue weighted by atomic mass is 32.2. The lowest BCUT2D eigenvalue weighted by Gasteiger charge is -2.22. The van der Waals surface area contributed by atoms with Crippen LogP contribution in [0.4, 0.5) is 0 Å². The van der Waals surface area contributed by atoms with Gasteiger partial charge in [0.25, 0.3) is 0 Å². The van der Waals surface area contributed by atoms with Gasteiger partial charge in [-0.3, -0.25) is 0 Å². The number of fused-ring (bicyclic) bond motifs is 1. The fourth-order valence-corrected chi connectivity index (χ4v) is 8.55. The number of hydrogen-bond donors (Lipinski definition) is 0. The third-order valence-electron chi connectivity index (χ3n) is 7.24. The van der Waals surface area contributed by atoms with Crippen molar-refractivity contribution in [3.8, 4) is 22.7 Å². The first-order valence-corrected chi connectivity index (χ1v) is 16.1. The Kier molecular flexibility index (Phi) is 6.92. The van der Waals surface area contributed by atoms with Gasteiger partial charge in [-0.2, -0.15) is 4.31 Å². The second kappa shape index (κ2) is 10.0. The van der Waals surface area contributed by atoms with Crippen molar-refractivity contribution in [3.63, 3.8) is 0 Å². The fourth-order valence-electron chi connectivity index (χ4n) is 5.22. The summed E-state index contributed by atoms with van der Waals surface area (Å²) < 4.78 is 43.1. The van der Waals surface area contributed by atoms with Crippen molar-refractivity contribution in [2.45, 2.75) is 38.8 Å². The maximum atomic E-state index is 14.4. The Morgan fingerprint density at radius 3 is 1.92 bits per heavy atom. The minimum absolute atomic E-state index is 0.242. The Hall–Kier alpha value is -3.42. The lowest BCUT2D eigenvalue weighted by molar-refractivity contribution is 0.431. The molecule has 0 bridgehead atoms. The molecule has 0 aliphatic carbocycles. The van der Waals surface area contributed by atoms with Crippen molar-refractivity contribution in [2.24, 2.45) is 0 Å². The van der Waals surface area contributed by atoms with Gasteiger partial charge in [-0.15, -0.1) is 0 Å². The van der Waals surface area contributed by atoms with Crippen LogP contribution in [-0.2, 0) is 27.7 Å². The van der Waals surface area contributed by atoms with E-state index in [2.05, 4.69) is 11.6 Å². The van der Waals surface area contributed by atoms with Crippen molar-refractivity contribution >= 4 is 22.5 Å². The van der Waals surface area contributed by atoms with Crippen LogP contribution in [0.15, 0.2) is 89.8 Å². The van der Waals surface area contributed by atoms with Crippen LogP contribution in [0.5, 0.6) is 0 Å². The van der Waals surface area contributed by atoms with E-state index in [4.69, 9.17) is 0 Å². The highest BCUT2D eigenvalue weighted by molar-refractivity contribution is 7.89. The molecule has 0 aromatic heterocycles. The highest BCUT2D eigenvalue weighted by Gasteiger charge is 2.36. The van der Waals surface area contributed by atoms with Crippen LogP contribution >= 0.6 is 7.14 Å². The van der Waals surface area contributed by atoms with Crippen LogP contribution in [0.2, 0.25) is 0 Å². The van der Waals surface area contributed by atoms with Crippen LogP contribution in [0.25, 0.3) is 11.1 Å². The largest absolute Gasteiger partial charge is 0.305 e. The van der Waals surface area contributed by atoms with Crippen LogP contribution in [0.3, 0.4) is 0 Å². The molecule has 0 fully saturated rings. The molecule has 0 spiro atoms. The van der Waals surface area contributed by atoms with E-state index in [1.165, 1.54) is 4.31 Å². The maximum absolute atomic E-state index is 14.4. The summed E-state index contributed by atoms with van der Waals surface area (Å²) in [5.74, 6) is 3.12. The lowest BCUT2D eigenvalue weighted by Crippen LogP contribution is -2.25. The summed E-state index contributed by atoms with van der Waals surface area (Å²) in [5.41, 5.74) is 10.5. The quantitative estimate of drug-likeness (QED) is 0.217. The number of benzene rings is 4. The molecule has 0 saturated heterocycles. The van der Waals surface area contributed by atoms with Gasteiger partial charge in [0.2, 0.25) is 10.0 Å². The van der Waals surface area contributed by atoms with E-state index in [1.54, 1.807) is 18.8 Å². The highest BCUT2D eigenvalue weighted by Crippen LogP contribution is 2.47. The fraction of sp³-hybridized carbons (Fsp3) is 0.188. The molecule has 5 rings (SSSR count). The molecule has 6 heteroatoms. The number of hydrogen-bond acceptors (Lipinski definition) is 3. The molecule has 1 atom stereocenters. The van der Waals surface area contributed by atoms with Gasteiger partial charge in [-0.25, -0.2) is 8.42 Å². The minimum Gasteiger partial charge on any atom is -0.305 e. The molecule has 0 saturated carbocycles. The van der Waals surface area contributed by atoms with Crippen LogP contribution in [0, 0.1) is 32.4 Å². The molecule has 1 aliphatic rings. The zero-order chi connectivity index (χ0) is 27.1. The average molecular weight is 540 g/mol. The smallest absolute Gasteiger partial charge is 0.243 e. The van der Waals surface area contributed by atoms with Gasteiger partial charge >= 0.3 is 0 Å². The molecular formula is C32H30NO3PS. The van der Waals surface area contributed by atoms with Crippen molar-refractivity contribution in [1.82, 2.24) is 4.31 Å². The lowest BCUT2D eigenvalue weighted by atomic mass is 9.91. The summed E-state index contributed by atoms with van der Waals surface area (Å²) in [6.07, 6.45) is 0. The summed E-state index contributed by atoms with van der Waals surface area (Å²) in [6.45, 7) is 8.15. The summed E-state index contributed by atoms with van der Waals surface area (Å²) >= 11 is 0. The predicted molar refractivity (Wildman–Crippen MR) is 155 cm³/mol. The van der Waals surface area contributed by atoms with Crippen molar-refractivity contribution in [2.75, 3.05) is 6.66 Å². The minimum atomic E-state index is -3.69. The van der Waals surface area contributed by atoms with E-state index in [9.17, 15) is 13.0 Å². The van der Waals surface area contributed by atoms with Crippen LogP contribution < -0.4 is 5.30 Å². The molecule has 0 radical (unpaired) electrons. The summed E-state index contributed by atoms with van der Waals surface area (Å²) in [6, 6.07) is 26.4. The van der Waals surface area contributed by atoms with Gasteiger partial charge in [0, 0.05) is 30.6 Å². The van der Waals surface area contributed by atoms with Gasteiger partial charge in [0.1, 0.15) is 0 Å². The summed E-state index contributed by atoms with van der Waals surface area (Å²) in [5, 5.41) is 0.720. The standard InChI is InChI=1S/C32H30NO3PS/c1-23-15-17-28(18-16-23)38(35,36)33-21-29-24(2)31(27-13-9-6-10-14-27)32(25(3)30(29)22-33)37(4,34)20-19-26-11-7-5-8-12-26/h5-18H,21-22H2,1-4H3. The Balaban J connectivity index is 1.68. The maximum Gasteiger partial charge on any atom is 0.243 e. The molecule has 38 heavy (non-hydrogen) atoms. The topological polar surface area (TPSA) is 54.5 Å². The Morgan fingerprint density at radius 1 is 0.763 bits per heavy atom. The third kappa shape index (κ3) is 4.76. The molecule has 0 amide bonds. The second-order valence-electron chi connectivity index (χ2n) is 9.91. The van der Waals surface area contributed by atoms with E-state index in [1.807, 2.05) is 93.6 Å². The third-order valence-corrected chi connectivity index (χ3v) is 11.0. The zero-order valence-electron chi connectivity index (χ0n) is 22.0. The zero-order valence-corrected chi connectivity index (χ0v) is 23.7. The molecular weight excluding hydrogens is 509 g/mol. The first-order chi connectivity index (χ1) is 18.1. The van der Waals surface area contributed by atoms with E-state index < -0.39 is 17.2 Å². The van der Waals surface area contributed by atoms with Gasteiger partial charge in [0.05, 0.1) is 4.90 Å². The number of rotatable bonds is 4. The normalized spacial score (nSPS) is 14.8. The van der Waals surface area contributed by atoms with Crippen molar-refractivity contribution < 1.29 is 13.0 Å². The molecule has 1 unspecified atom stereocenters. The molecule has 0 N–H and O–H groups in total. The SMILES string of the molecule is Cc1ccc(S(=O)(=O)N2Cc3c(C)c(-c4ccccc4)c(P(C)(=O)C#Cc4ccccc4)c(C)c3C2)cc1. The van der Waals surface area contributed by atoms with Crippen LogP contribution in [-0.4, -0.2) is 19.4 Å². The monoisotopic (exact) mass is 539 g/mol.